The summed E-state index contributed by atoms with van der Waals surface area (Å²) in [5.74, 6) is 1.30. The topological polar surface area (TPSA) is 82.7 Å². The zero-order chi connectivity index (χ0) is 16.8. The molecule has 1 fully saturated rings. The molecule has 0 aliphatic carbocycles. The molecule has 0 bridgehead atoms. The second-order valence-electron chi connectivity index (χ2n) is 5.29. The van der Waals surface area contributed by atoms with E-state index in [2.05, 4.69) is 30.3 Å². The van der Waals surface area contributed by atoms with Crippen molar-refractivity contribution in [2.24, 2.45) is 10.8 Å². The average molecular weight is 341 g/mol. The number of anilines is 1. The number of hydrogen-bond acceptors (Lipinski definition) is 5. The fourth-order valence-corrected chi connectivity index (χ4v) is 2.66. The Morgan fingerprint density at radius 3 is 2.38 bits per heavy atom. The van der Waals surface area contributed by atoms with Gasteiger partial charge in [0.05, 0.1) is 0 Å². The van der Waals surface area contributed by atoms with E-state index >= 15 is 0 Å². The largest absolute Gasteiger partial charge is 0.380 e. The molecule has 24 heavy (non-hydrogen) atoms. The first-order valence-electron chi connectivity index (χ1n) is 7.69. The van der Waals surface area contributed by atoms with E-state index in [9.17, 15) is 0 Å². The number of nitrogens with one attached hydrogen (secondary N) is 1. The number of nitrogens with two attached hydrogens (primary N) is 1. The van der Waals surface area contributed by atoms with E-state index in [1.54, 1.807) is 12.3 Å². The van der Waals surface area contributed by atoms with Crippen molar-refractivity contribution in [2.75, 3.05) is 31.1 Å². The van der Waals surface area contributed by atoms with Gasteiger partial charge in [-0.3, -0.25) is 10.4 Å². The molecule has 3 heterocycles. The van der Waals surface area contributed by atoms with Gasteiger partial charge in [-0.2, -0.15) is 5.10 Å². The molecule has 0 atom stereocenters. The highest BCUT2D eigenvalue weighted by molar-refractivity contribution is 7.80. The highest BCUT2D eigenvalue weighted by atomic mass is 32.1. The Labute approximate surface area is 146 Å². The third kappa shape index (κ3) is 3.96. The van der Waals surface area contributed by atoms with Crippen molar-refractivity contribution in [1.82, 2.24) is 20.3 Å². The summed E-state index contributed by atoms with van der Waals surface area (Å²) in [4.78, 5) is 12.8. The number of hydrogen-bond donors (Lipinski definition) is 2. The van der Waals surface area contributed by atoms with Gasteiger partial charge in [-0.15, -0.1) is 0 Å². The lowest BCUT2D eigenvalue weighted by molar-refractivity contribution is 0.380. The predicted molar refractivity (Wildman–Crippen MR) is 98.7 cm³/mol. The van der Waals surface area contributed by atoms with Crippen LogP contribution in [0.4, 0.5) is 5.82 Å². The minimum atomic E-state index is 0.310. The van der Waals surface area contributed by atoms with Crippen LogP contribution in [0, 0.1) is 0 Å². The zero-order valence-electron chi connectivity index (χ0n) is 13.2. The van der Waals surface area contributed by atoms with Gasteiger partial charge in [-0.25, -0.2) is 4.98 Å². The molecule has 2 aromatic heterocycles. The van der Waals surface area contributed by atoms with Crippen LogP contribution in [0.25, 0.3) is 0 Å². The third-order valence-corrected chi connectivity index (χ3v) is 4.09. The Morgan fingerprint density at radius 1 is 1.04 bits per heavy atom. The quantitative estimate of drug-likeness (QED) is 0.370. The Balaban J connectivity index is 1.52. The van der Waals surface area contributed by atoms with Crippen LogP contribution < -0.4 is 16.1 Å². The first-order valence-corrected chi connectivity index (χ1v) is 8.10. The number of pyridine rings is 2. The maximum absolute atomic E-state index is 5.90. The van der Waals surface area contributed by atoms with Crippen LogP contribution in [0.3, 0.4) is 0 Å². The summed E-state index contributed by atoms with van der Waals surface area (Å²) in [7, 11) is 0. The standard InChI is InChI=1S/C16H19N7S/c17-15(13-5-1-3-7-18-13)20-21-16(24)23-11-9-22(10-12-23)14-6-2-4-8-19-14/h1-8H,9-12H2,(H2,17,20)(H,21,24). The van der Waals surface area contributed by atoms with Gasteiger partial charge in [0.25, 0.3) is 0 Å². The first kappa shape index (κ1) is 16.1. The average Bonchev–Trinajstić information content (AvgIpc) is 2.67. The summed E-state index contributed by atoms with van der Waals surface area (Å²) in [6, 6.07) is 11.4. The smallest absolute Gasteiger partial charge is 0.189 e. The Hall–Kier alpha value is -2.74. The van der Waals surface area contributed by atoms with Gasteiger partial charge in [0.15, 0.2) is 10.9 Å². The molecule has 0 spiro atoms. The molecule has 1 saturated heterocycles. The summed E-state index contributed by atoms with van der Waals surface area (Å²) >= 11 is 5.40. The van der Waals surface area contributed by atoms with Crippen LogP contribution in [0.15, 0.2) is 53.9 Å². The van der Waals surface area contributed by atoms with Gasteiger partial charge < -0.3 is 15.5 Å². The fraction of sp³-hybridized carbons (Fsp3) is 0.250. The summed E-state index contributed by atoms with van der Waals surface area (Å²) in [5.41, 5.74) is 9.37. The lowest BCUT2D eigenvalue weighted by Gasteiger charge is -2.36. The number of thiocarbonyl (C=S) groups is 1. The molecule has 3 rings (SSSR count). The van der Waals surface area contributed by atoms with Crippen LogP contribution in [0.1, 0.15) is 5.69 Å². The minimum Gasteiger partial charge on any atom is -0.380 e. The predicted octanol–water partition coefficient (Wildman–Crippen LogP) is 0.794. The Bertz CT molecular complexity index is 697. The second kappa shape index (κ2) is 7.69. The van der Waals surface area contributed by atoms with E-state index < -0.39 is 0 Å². The molecule has 0 radical (unpaired) electrons. The van der Waals surface area contributed by atoms with E-state index in [1.165, 1.54) is 0 Å². The number of nitrogens with zero attached hydrogens (tertiary/aromatic N) is 5. The number of rotatable bonds is 3. The van der Waals surface area contributed by atoms with E-state index in [-0.39, 0.29) is 0 Å². The number of hydrazone groups is 1. The van der Waals surface area contributed by atoms with Crippen LogP contribution in [-0.4, -0.2) is 52.0 Å². The molecule has 7 nitrogen and oxygen atoms in total. The highest BCUT2D eigenvalue weighted by Crippen LogP contribution is 2.12. The maximum atomic E-state index is 5.90. The zero-order valence-corrected chi connectivity index (χ0v) is 14.0. The summed E-state index contributed by atoms with van der Waals surface area (Å²) in [6.45, 7) is 3.33. The monoisotopic (exact) mass is 341 g/mol. The van der Waals surface area contributed by atoms with Crippen molar-refractivity contribution in [3.8, 4) is 0 Å². The molecule has 1 aliphatic heterocycles. The van der Waals surface area contributed by atoms with Crippen LogP contribution in [-0.2, 0) is 0 Å². The fourth-order valence-electron chi connectivity index (χ4n) is 2.43. The molecule has 8 heteroatoms. The van der Waals surface area contributed by atoms with Crippen LogP contribution >= 0.6 is 12.2 Å². The minimum absolute atomic E-state index is 0.310. The molecule has 1 aliphatic rings. The molecule has 0 amide bonds. The van der Waals surface area contributed by atoms with Gasteiger partial charge in [0.1, 0.15) is 11.5 Å². The Kier molecular flexibility index (Phi) is 5.17. The lowest BCUT2D eigenvalue weighted by Crippen LogP contribution is -2.51. The third-order valence-electron chi connectivity index (χ3n) is 3.74. The molecule has 3 N–H and O–H groups in total. The Morgan fingerprint density at radius 2 is 1.75 bits per heavy atom. The highest BCUT2D eigenvalue weighted by Gasteiger charge is 2.19. The number of piperazine rings is 1. The van der Waals surface area contributed by atoms with Gasteiger partial charge in [0, 0.05) is 38.6 Å². The normalized spacial score (nSPS) is 15.2. The van der Waals surface area contributed by atoms with Crippen molar-refractivity contribution in [1.29, 1.82) is 0 Å². The van der Waals surface area contributed by atoms with Crippen molar-refractivity contribution in [3.05, 3.63) is 54.5 Å². The van der Waals surface area contributed by atoms with Gasteiger partial charge in [-0.1, -0.05) is 12.1 Å². The van der Waals surface area contributed by atoms with E-state index in [1.807, 2.05) is 36.5 Å². The molecule has 2 aromatic rings. The van der Waals surface area contributed by atoms with Crippen molar-refractivity contribution in [2.45, 2.75) is 0 Å². The summed E-state index contributed by atoms with van der Waals surface area (Å²) in [5, 5.41) is 4.68. The molecule has 0 unspecified atom stereocenters. The van der Waals surface area contributed by atoms with Gasteiger partial charge in [0.2, 0.25) is 0 Å². The SMILES string of the molecule is N/C(=N\NC(=S)N1CCN(c2ccccn2)CC1)c1ccccn1. The van der Waals surface area contributed by atoms with Gasteiger partial charge in [-0.05, 0) is 36.5 Å². The summed E-state index contributed by atoms with van der Waals surface area (Å²) in [6.07, 6.45) is 3.48. The van der Waals surface area contributed by atoms with Crippen LogP contribution in [0.2, 0.25) is 0 Å². The number of amidine groups is 1. The molecular weight excluding hydrogens is 322 g/mol. The molecular formula is C16H19N7S. The van der Waals surface area contributed by atoms with E-state index in [0.717, 1.165) is 32.0 Å². The maximum Gasteiger partial charge on any atom is 0.189 e. The van der Waals surface area contributed by atoms with E-state index in [0.29, 0.717) is 16.6 Å². The lowest BCUT2D eigenvalue weighted by atomic mass is 10.3. The van der Waals surface area contributed by atoms with Crippen molar-refractivity contribution in [3.63, 3.8) is 0 Å². The van der Waals surface area contributed by atoms with E-state index in [4.69, 9.17) is 18.0 Å². The second-order valence-corrected chi connectivity index (χ2v) is 5.68. The molecule has 0 aromatic carbocycles. The first-order chi connectivity index (χ1) is 11.7. The van der Waals surface area contributed by atoms with Crippen molar-refractivity contribution >= 4 is 29.0 Å². The van der Waals surface area contributed by atoms with Crippen molar-refractivity contribution < 1.29 is 0 Å². The number of aromatic nitrogens is 2. The summed E-state index contributed by atoms with van der Waals surface area (Å²) < 4.78 is 0. The van der Waals surface area contributed by atoms with Crippen LogP contribution in [0.5, 0.6) is 0 Å². The molecule has 0 saturated carbocycles. The van der Waals surface area contributed by atoms with Gasteiger partial charge >= 0.3 is 0 Å². The molecule has 124 valence electrons.